The summed E-state index contributed by atoms with van der Waals surface area (Å²) in [4.78, 5) is 0. The van der Waals surface area contributed by atoms with Crippen LogP contribution in [0.3, 0.4) is 0 Å². The smallest absolute Gasteiger partial charge is 0.161 e. The number of ether oxygens (including phenoxy) is 3. The lowest BCUT2D eigenvalue weighted by molar-refractivity contribution is 0.240. The molecule has 0 aliphatic rings. The summed E-state index contributed by atoms with van der Waals surface area (Å²) < 4.78 is 17.9. The highest BCUT2D eigenvalue weighted by atomic mass is 127. The summed E-state index contributed by atoms with van der Waals surface area (Å²) in [6, 6.07) is 13.9. The van der Waals surface area contributed by atoms with Crippen molar-refractivity contribution in [2.45, 2.75) is 13.3 Å². The molecule has 0 aromatic heterocycles. The van der Waals surface area contributed by atoms with Gasteiger partial charge in [0.2, 0.25) is 0 Å². The number of hydrogen-bond donors (Lipinski definition) is 0. The van der Waals surface area contributed by atoms with Gasteiger partial charge in [-0.15, -0.1) is 0 Å². The fourth-order valence-corrected chi connectivity index (χ4v) is 2.22. The van der Waals surface area contributed by atoms with Gasteiger partial charge in [0.1, 0.15) is 5.75 Å². The Labute approximate surface area is 139 Å². The monoisotopic (exact) mass is 398 g/mol. The average molecular weight is 398 g/mol. The van der Waals surface area contributed by atoms with Crippen LogP contribution in [-0.2, 0) is 0 Å². The lowest BCUT2D eigenvalue weighted by Crippen LogP contribution is -2.05. The van der Waals surface area contributed by atoms with E-state index >= 15 is 0 Å². The van der Waals surface area contributed by atoms with Crippen molar-refractivity contribution in [1.29, 1.82) is 0 Å². The van der Waals surface area contributed by atoms with Gasteiger partial charge >= 0.3 is 0 Å². The Morgan fingerprint density at radius 1 is 0.905 bits per heavy atom. The van der Waals surface area contributed by atoms with Crippen LogP contribution in [-0.4, -0.2) is 20.3 Å². The van der Waals surface area contributed by atoms with Gasteiger partial charge in [0, 0.05) is 9.99 Å². The first kappa shape index (κ1) is 15.9. The molecule has 0 heterocycles. The van der Waals surface area contributed by atoms with Crippen molar-refractivity contribution in [3.63, 3.8) is 0 Å². The molecule has 2 aromatic carbocycles. The molecule has 0 aliphatic heterocycles. The maximum absolute atomic E-state index is 5.73. The molecule has 0 amide bonds. The van der Waals surface area contributed by atoms with Gasteiger partial charge in [-0.3, -0.25) is 0 Å². The Hall–Kier alpha value is -1.43. The molecule has 0 radical (unpaired) electrons. The second-order valence-electron chi connectivity index (χ2n) is 4.66. The van der Waals surface area contributed by atoms with E-state index < -0.39 is 0 Å². The zero-order valence-corrected chi connectivity index (χ0v) is 14.4. The summed E-state index contributed by atoms with van der Waals surface area (Å²) in [6.07, 6.45) is 0.822. The molecule has 0 unspecified atom stereocenters. The average Bonchev–Trinajstić information content (AvgIpc) is 2.50. The van der Waals surface area contributed by atoms with Crippen molar-refractivity contribution in [2.75, 3.05) is 20.3 Å². The molecule has 0 atom stereocenters. The minimum atomic E-state index is 0.601. The third-order valence-corrected chi connectivity index (χ3v) is 3.67. The van der Waals surface area contributed by atoms with Crippen molar-refractivity contribution in [2.24, 2.45) is 0 Å². The number of benzene rings is 2. The highest BCUT2D eigenvalue weighted by Crippen LogP contribution is 2.27. The van der Waals surface area contributed by atoms with Gasteiger partial charge in [-0.2, -0.15) is 0 Å². The predicted octanol–water partition coefficient (Wildman–Crippen LogP) is 4.46. The number of methoxy groups -OCH3 is 1. The molecular formula is C17H19IO3. The third-order valence-electron chi connectivity index (χ3n) is 2.95. The molecule has 21 heavy (non-hydrogen) atoms. The minimum absolute atomic E-state index is 0.601. The van der Waals surface area contributed by atoms with Gasteiger partial charge in [-0.1, -0.05) is 6.07 Å². The Bertz CT molecular complexity index is 567. The molecule has 2 aromatic rings. The van der Waals surface area contributed by atoms with E-state index in [9.17, 15) is 0 Å². The van der Waals surface area contributed by atoms with E-state index in [1.807, 2.05) is 49.4 Å². The summed E-state index contributed by atoms with van der Waals surface area (Å²) in [6.45, 7) is 3.26. The van der Waals surface area contributed by atoms with Crippen molar-refractivity contribution in [3.8, 4) is 17.2 Å². The van der Waals surface area contributed by atoms with Crippen molar-refractivity contribution in [1.82, 2.24) is 0 Å². The third kappa shape index (κ3) is 5.12. The molecular weight excluding hydrogens is 379 g/mol. The molecule has 0 bridgehead atoms. The van der Waals surface area contributed by atoms with Crippen LogP contribution in [0.4, 0.5) is 0 Å². The van der Waals surface area contributed by atoms with E-state index in [0.717, 1.165) is 29.2 Å². The fraction of sp³-hybridized carbons (Fsp3) is 0.294. The van der Waals surface area contributed by atoms with Crippen LogP contribution in [0.5, 0.6) is 17.2 Å². The minimum Gasteiger partial charge on any atom is -0.493 e. The van der Waals surface area contributed by atoms with E-state index in [4.69, 9.17) is 14.2 Å². The Kier molecular flexibility index (Phi) is 6.17. The highest BCUT2D eigenvalue weighted by molar-refractivity contribution is 14.1. The van der Waals surface area contributed by atoms with Crippen LogP contribution >= 0.6 is 22.6 Å². The summed E-state index contributed by atoms with van der Waals surface area (Å²) in [5.41, 5.74) is 1.15. The van der Waals surface area contributed by atoms with E-state index in [0.29, 0.717) is 13.2 Å². The zero-order chi connectivity index (χ0) is 15.1. The molecule has 0 saturated carbocycles. The van der Waals surface area contributed by atoms with Crippen molar-refractivity contribution >= 4 is 22.6 Å². The standard InChI is InChI=1S/C17H19IO3/c1-13-4-9-16(17(12-13)19-2)21-11-3-10-20-15-7-5-14(18)6-8-15/h4-9,12H,3,10-11H2,1-2H3. The van der Waals surface area contributed by atoms with Gasteiger partial charge in [0.25, 0.3) is 0 Å². The van der Waals surface area contributed by atoms with Crippen LogP contribution < -0.4 is 14.2 Å². The first-order chi connectivity index (χ1) is 10.2. The fourth-order valence-electron chi connectivity index (χ4n) is 1.86. The van der Waals surface area contributed by atoms with Gasteiger partial charge in [0.15, 0.2) is 11.5 Å². The maximum Gasteiger partial charge on any atom is 0.161 e. The van der Waals surface area contributed by atoms with Gasteiger partial charge in [0.05, 0.1) is 20.3 Å². The van der Waals surface area contributed by atoms with Gasteiger partial charge in [-0.25, -0.2) is 0 Å². The predicted molar refractivity (Wildman–Crippen MR) is 92.5 cm³/mol. The van der Waals surface area contributed by atoms with Crippen LogP contribution in [0.25, 0.3) is 0 Å². The van der Waals surface area contributed by atoms with Gasteiger partial charge < -0.3 is 14.2 Å². The van der Waals surface area contributed by atoms with Crippen molar-refractivity contribution < 1.29 is 14.2 Å². The Balaban J connectivity index is 1.73. The SMILES string of the molecule is COc1cc(C)ccc1OCCCOc1ccc(I)cc1. The first-order valence-electron chi connectivity index (χ1n) is 6.85. The lowest BCUT2D eigenvalue weighted by atomic mass is 10.2. The number of aryl methyl sites for hydroxylation is 1. The van der Waals surface area contributed by atoms with E-state index in [2.05, 4.69) is 22.6 Å². The van der Waals surface area contributed by atoms with E-state index in [1.165, 1.54) is 3.57 Å². The van der Waals surface area contributed by atoms with Crippen molar-refractivity contribution in [3.05, 3.63) is 51.6 Å². The Morgan fingerprint density at radius 3 is 2.33 bits per heavy atom. The van der Waals surface area contributed by atoms with E-state index in [1.54, 1.807) is 7.11 Å². The Morgan fingerprint density at radius 2 is 1.62 bits per heavy atom. The molecule has 0 fully saturated rings. The number of rotatable bonds is 7. The molecule has 0 N–H and O–H groups in total. The van der Waals surface area contributed by atoms with Crippen LogP contribution in [0.1, 0.15) is 12.0 Å². The zero-order valence-electron chi connectivity index (χ0n) is 12.3. The summed E-state index contributed by atoms with van der Waals surface area (Å²) >= 11 is 2.28. The van der Waals surface area contributed by atoms with E-state index in [-0.39, 0.29) is 0 Å². The van der Waals surface area contributed by atoms with Crippen LogP contribution in [0.15, 0.2) is 42.5 Å². The second kappa shape index (κ2) is 8.12. The molecule has 2 rings (SSSR count). The summed E-state index contributed by atoms with van der Waals surface area (Å²) in [7, 11) is 1.65. The normalized spacial score (nSPS) is 10.2. The van der Waals surface area contributed by atoms with Crippen LogP contribution in [0.2, 0.25) is 0 Å². The first-order valence-corrected chi connectivity index (χ1v) is 7.93. The topological polar surface area (TPSA) is 27.7 Å². The quantitative estimate of drug-likeness (QED) is 0.509. The maximum atomic E-state index is 5.73. The molecule has 0 aliphatic carbocycles. The number of hydrogen-bond acceptors (Lipinski definition) is 3. The van der Waals surface area contributed by atoms with Gasteiger partial charge in [-0.05, 0) is 71.5 Å². The molecule has 3 nitrogen and oxygen atoms in total. The van der Waals surface area contributed by atoms with Crippen LogP contribution in [0, 0.1) is 10.5 Å². The lowest BCUT2D eigenvalue weighted by Gasteiger charge is -2.11. The summed E-state index contributed by atoms with van der Waals surface area (Å²) in [5, 5.41) is 0. The number of halogens is 1. The molecule has 112 valence electrons. The second-order valence-corrected chi connectivity index (χ2v) is 5.90. The highest BCUT2D eigenvalue weighted by Gasteiger charge is 2.04. The molecule has 4 heteroatoms. The largest absolute Gasteiger partial charge is 0.493 e. The molecule has 0 saturated heterocycles. The molecule has 0 spiro atoms. The summed E-state index contributed by atoms with van der Waals surface area (Å²) in [5.74, 6) is 2.44.